The van der Waals surface area contributed by atoms with Crippen LogP contribution in [0.15, 0.2) is 30.5 Å². The topological polar surface area (TPSA) is 81.9 Å². The average Bonchev–Trinajstić information content (AvgIpc) is 3.56. The van der Waals surface area contributed by atoms with Crippen molar-refractivity contribution in [3.8, 4) is 17.2 Å². The van der Waals surface area contributed by atoms with E-state index in [1.165, 1.54) is 0 Å². The number of fused-ring (bicyclic) bond motifs is 7. The molecule has 4 aromatic rings. The second-order valence-corrected chi connectivity index (χ2v) is 9.86. The molecule has 0 radical (unpaired) electrons. The van der Waals surface area contributed by atoms with Crippen LogP contribution in [0.5, 0.6) is 17.2 Å². The van der Waals surface area contributed by atoms with Crippen LogP contribution in [0.3, 0.4) is 0 Å². The smallest absolute Gasteiger partial charge is 0.162 e. The number of benzene rings is 3. The van der Waals surface area contributed by atoms with Crippen molar-refractivity contribution >= 4 is 33.1 Å². The molecule has 3 heterocycles. The molecular weight excluding hydrogens is 480 g/mol. The van der Waals surface area contributed by atoms with Crippen LogP contribution in [0.1, 0.15) is 42.7 Å². The Hall–Kier alpha value is -3.07. The Kier molecular flexibility index (Phi) is 5.90. The van der Waals surface area contributed by atoms with Gasteiger partial charge in [-0.25, -0.2) is 0 Å². The van der Waals surface area contributed by atoms with Gasteiger partial charge in [0.25, 0.3) is 0 Å². The van der Waals surface area contributed by atoms with Crippen LogP contribution < -0.4 is 14.2 Å². The molecule has 2 aliphatic rings. The normalized spacial score (nSPS) is 19.5. The Labute approximate surface area is 214 Å². The van der Waals surface area contributed by atoms with Crippen molar-refractivity contribution in [2.75, 3.05) is 20.8 Å². The van der Waals surface area contributed by atoms with Gasteiger partial charge in [0.1, 0.15) is 18.1 Å². The zero-order valence-corrected chi connectivity index (χ0v) is 21.4. The van der Waals surface area contributed by atoms with Crippen molar-refractivity contribution in [2.45, 2.75) is 51.6 Å². The molecule has 2 aliphatic heterocycles. The summed E-state index contributed by atoms with van der Waals surface area (Å²) in [5, 5.41) is 24.3. The molecule has 0 bridgehead atoms. The SMILES string of the molecule is CCn1cc(COc2cc3c(cc2OC)c2c(c4cc(Cl)c(OC)cc43)CN3CCC[C@H]3[C@H]2O)nn1. The number of hydrogen-bond acceptors (Lipinski definition) is 7. The van der Waals surface area contributed by atoms with Gasteiger partial charge in [0.2, 0.25) is 0 Å². The molecule has 0 saturated carbocycles. The Bertz CT molecular complexity index is 1470. The lowest BCUT2D eigenvalue weighted by Crippen LogP contribution is -2.39. The molecular formula is C27H29ClN4O4. The quantitative estimate of drug-likeness (QED) is 0.372. The van der Waals surface area contributed by atoms with Crippen molar-refractivity contribution in [3.05, 3.63) is 52.3 Å². The maximum Gasteiger partial charge on any atom is 0.162 e. The van der Waals surface area contributed by atoms with E-state index in [4.69, 9.17) is 25.8 Å². The van der Waals surface area contributed by atoms with Gasteiger partial charge < -0.3 is 19.3 Å². The average molecular weight is 509 g/mol. The van der Waals surface area contributed by atoms with Crippen LogP contribution in [-0.2, 0) is 19.7 Å². The highest BCUT2D eigenvalue weighted by atomic mass is 35.5. The van der Waals surface area contributed by atoms with Crippen molar-refractivity contribution in [3.63, 3.8) is 0 Å². The fourth-order valence-corrected chi connectivity index (χ4v) is 6.03. The minimum atomic E-state index is -0.593. The number of hydrogen-bond donors (Lipinski definition) is 1. The van der Waals surface area contributed by atoms with E-state index in [1.54, 1.807) is 18.9 Å². The van der Waals surface area contributed by atoms with E-state index in [0.29, 0.717) is 22.3 Å². The van der Waals surface area contributed by atoms with Crippen LogP contribution in [-0.4, -0.2) is 51.8 Å². The minimum absolute atomic E-state index is 0.120. The third-order valence-electron chi connectivity index (χ3n) is 7.55. The van der Waals surface area contributed by atoms with Gasteiger partial charge in [0.15, 0.2) is 11.5 Å². The summed E-state index contributed by atoms with van der Waals surface area (Å²) in [6.45, 7) is 4.79. The summed E-state index contributed by atoms with van der Waals surface area (Å²) in [5.74, 6) is 1.81. The van der Waals surface area contributed by atoms with Gasteiger partial charge in [0.05, 0.1) is 31.5 Å². The van der Waals surface area contributed by atoms with E-state index in [2.05, 4.69) is 15.2 Å². The lowest BCUT2D eigenvalue weighted by Gasteiger charge is -2.37. The van der Waals surface area contributed by atoms with Crippen LogP contribution in [0.25, 0.3) is 21.5 Å². The first-order valence-corrected chi connectivity index (χ1v) is 12.7. The Morgan fingerprint density at radius 1 is 1.03 bits per heavy atom. The van der Waals surface area contributed by atoms with E-state index in [0.717, 1.165) is 70.8 Å². The van der Waals surface area contributed by atoms with Gasteiger partial charge >= 0.3 is 0 Å². The lowest BCUT2D eigenvalue weighted by molar-refractivity contribution is 0.0552. The number of rotatable bonds is 6. The third-order valence-corrected chi connectivity index (χ3v) is 7.84. The highest BCUT2D eigenvalue weighted by Crippen LogP contribution is 2.48. The number of methoxy groups -OCH3 is 2. The molecule has 2 atom stereocenters. The molecule has 1 saturated heterocycles. The highest BCUT2D eigenvalue weighted by Gasteiger charge is 2.39. The first-order valence-electron chi connectivity index (χ1n) is 12.3. The zero-order chi connectivity index (χ0) is 25.0. The summed E-state index contributed by atoms with van der Waals surface area (Å²) < 4.78 is 19.3. The maximum absolute atomic E-state index is 11.6. The van der Waals surface area contributed by atoms with E-state index in [-0.39, 0.29) is 12.6 Å². The molecule has 6 rings (SSSR count). The largest absolute Gasteiger partial charge is 0.495 e. The summed E-state index contributed by atoms with van der Waals surface area (Å²) in [4.78, 5) is 2.38. The Balaban J connectivity index is 1.56. The summed E-state index contributed by atoms with van der Waals surface area (Å²) in [5.41, 5.74) is 2.80. The molecule has 9 heteroatoms. The Morgan fingerprint density at radius 3 is 2.53 bits per heavy atom. The Morgan fingerprint density at radius 2 is 1.78 bits per heavy atom. The number of ether oxygens (including phenoxy) is 3. The van der Waals surface area contributed by atoms with Gasteiger partial charge in [0, 0.05) is 19.1 Å². The zero-order valence-electron chi connectivity index (χ0n) is 20.6. The predicted octanol–water partition coefficient (Wildman–Crippen LogP) is 4.87. The maximum atomic E-state index is 11.6. The molecule has 0 aliphatic carbocycles. The van der Waals surface area contributed by atoms with Gasteiger partial charge in [-0.2, -0.15) is 0 Å². The fraction of sp³-hybridized carbons (Fsp3) is 0.407. The second-order valence-electron chi connectivity index (χ2n) is 9.45. The molecule has 36 heavy (non-hydrogen) atoms. The molecule has 8 nitrogen and oxygen atoms in total. The van der Waals surface area contributed by atoms with Crippen LogP contribution >= 0.6 is 11.6 Å². The number of halogens is 1. The van der Waals surface area contributed by atoms with E-state index in [9.17, 15) is 5.11 Å². The van der Waals surface area contributed by atoms with Crippen molar-refractivity contribution in [1.82, 2.24) is 19.9 Å². The number of aryl methyl sites for hydroxylation is 1. The molecule has 0 amide bonds. The number of aliphatic hydroxyl groups excluding tert-OH is 1. The number of aliphatic hydroxyl groups is 1. The van der Waals surface area contributed by atoms with Crippen molar-refractivity contribution in [2.24, 2.45) is 0 Å². The standard InChI is InChI=1S/C27H29ClN4O4/c1-4-32-12-15(29-30-32)14-36-25-10-18-17-9-23(34-2)21(28)8-16(17)20-13-31-7-5-6-22(31)27(33)26(20)19(18)11-24(25)35-3/h8-12,22,27,33H,4-7,13-14H2,1-3H3/t22-,27+/m0/s1. The number of aromatic nitrogens is 3. The molecule has 1 fully saturated rings. The molecule has 1 N–H and O–H groups in total. The predicted molar refractivity (Wildman–Crippen MR) is 138 cm³/mol. The van der Waals surface area contributed by atoms with Crippen LogP contribution in [0.2, 0.25) is 5.02 Å². The fourth-order valence-electron chi connectivity index (χ4n) is 5.79. The first-order chi connectivity index (χ1) is 17.5. The summed E-state index contributed by atoms with van der Waals surface area (Å²) in [7, 11) is 3.25. The van der Waals surface area contributed by atoms with Crippen LogP contribution in [0.4, 0.5) is 0 Å². The third kappa shape index (κ3) is 3.67. The van der Waals surface area contributed by atoms with Crippen molar-refractivity contribution in [1.29, 1.82) is 0 Å². The number of nitrogens with zero attached hydrogens (tertiary/aromatic N) is 4. The molecule has 188 valence electrons. The molecule has 0 unspecified atom stereocenters. The monoisotopic (exact) mass is 508 g/mol. The first kappa shape index (κ1) is 23.3. The molecule has 3 aromatic carbocycles. The summed E-state index contributed by atoms with van der Waals surface area (Å²) in [6.07, 6.45) is 3.35. The van der Waals surface area contributed by atoms with Gasteiger partial charge in [-0.05, 0) is 83.2 Å². The minimum Gasteiger partial charge on any atom is -0.495 e. The highest BCUT2D eigenvalue weighted by molar-refractivity contribution is 6.33. The van der Waals surface area contributed by atoms with Crippen molar-refractivity contribution < 1.29 is 19.3 Å². The van der Waals surface area contributed by atoms with E-state index >= 15 is 0 Å². The van der Waals surface area contributed by atoms with Crippen LogP contribution in [0, 0.1) is 0 Å². The molecule has 0 spiro atoms. The molecule has 1 aromatic heterocycles. The lowest BCUT2D eigenvalue weighted by atomic mass is 9.83. The van der Waals surface area contributed by atoms with E-state index < -0.39 is 6.10 Å². The van der Waals surface area contributed by atoms with E-state index in [1.807, 2.05) is 37.4 Å². The van der Waals surface area contributed by atoms with Gasteiger partial charge in [-0.15, -0.1) is 5.10 Å². The summed E-state index contributed by atoms with van der Waals surface area (Å²) in [6, 6.07) is 8.04. The van der Waals surface area contributed by atoms with Gasteiger partial charge in [-0.3, -0.25) is 9.58 Å². The second kappa shape index (κ2) is 9.10. The summed E-state index contributed by atoms with van der Waals surface area (Å²) >= 11 is 6.59. The van der Waals surface area contributed by atoms with Gasteiger partial charge in [-0.1, -0.05) is 16.8 Å².